The van der Waals surface area contributed by atoms with Gasteiger partial charge in [-0.05, 0) is 30.5 Å². The molecule has 2 aromatic carbocycles. The monoisotopic (exact) mass is 446 g/mol. The number of hydrogen-bond donors (Lipinski definition) is 0. The Morgan fingerprint density at radius 2 is 1.78 bits per heavy atom. The second-order valence-corrected chi connectivity index (χ2v) is 9.38. The molecule has 2 aliphatic heterocycles. The summed E-state index contributed by atoms with van der Waals surface area (Å²) >= 11 is 1.32. The fourth-order valence-corrected chi connectivity index (χ4v) is 5.52. The van der Waals surface area contributed by atoms with E-state index in [0.29, 0.717) is 17.0 Å². The zero-order chi connectivity index (χ0) is 22.1. The number of amides is 2. The number of nitrogens with zero attached hydrogens (tertiary/aromatic N) is 4. The number of amidine groups is 2. The highest BCUT2D eigenvalue weighted by molar-refractivity contribution is 8.14. The Hall–Kier alpha value is -2.93. The summed E-state index contributed by atoms with van der Waals surface area (Å²) in [4.78, 5) is 39.3. The second-order valence-electron chi connectivity index (χ2n) is 8.44. The van der Waals surface area contributed by atoms with Gasteiger partial charge in [-0.15, -0.1) is 0 Å². The molecule has 0 saturated heterocycles. The minimum Gasteiger partial charge on any atom is -0.342 e. The smallest absolute Gasteiger partial charge is 0.263 e. The maximum atomic E-state index is 13.4. The van der Waals surface area contributed by atoms with Gasteiger partial charge in [-0.3, -0.25) is 9.59 Å². The highest BCUT2D eigenvalue weighted by Gasteiger charge is 2.42. The van der Waals surface area contributed by atoms with Gasteiger partial charge in [-0.2, -0.15) is 0 Å². The van der Waals surface area contributed by atoms with Crippen molar-refractivity contribution in [1.82, 2.24) is 9.80 Å². The molecule has 2 aromatic rings. The summed E-state index contributed by atoms with van der Waals surface area (Å²) in [5.41, 5.74) is 2.48. The quantitative estimate of drug-likeness (QED) is 0.692. The molecule has 0 spiro atoms. The molecule has 0 aromatic heterocycles. The van der Waals surface area contributed by atoms with E-state index in [1.807, 2.05) is 66.5 Å². The number of para-hydroxylation sites is 1. The number of fused-ring (bicyclic) bond motifs is 3. The summed E-state index contributed by atoms with van der Waals surface area (Å²) in [5.74, 6) is 0.819. The third-order valence-electron chi connectivity index (χ3n) is 6.43. The molecule has 1 aliphatic carbocycles. The van der Waals surface area contributed by atoms with Crippen molar-refractivity contribution in [3.8, 4) is 0 Å². The van der Waals surface area contributed by atoms with Gasteiger partial charge in [0.15, 0.2) is 11.2 Å². The van der Waals surface area contributed by atoms with Gasteiger partial charge >= 0.3 is 0 Å². The Morgan fingerprint density at radius 1 is 1.06 bits per heavy atom. The highest BCUT2D eigenvalue weighted by atomic mass is 32.2. The molecule has 164 valence electrons. The Kier molecular flexibility index (Phi) is 5.83. The number of aliphatic imine (C=N–C) groups is 2. The van der Waals surface area contributed by atoms with E-state index in [1.54, 1.807) is 4.90 Å². The first-order chi connectivity index (χ1) is 15.6. The van der Waals surface area contributed by atoms with Gasteiger partial charge in [0.1, 0.15) is 5.84 Å². The van der Waals surface area contributed by atoms with Gasteiger partial charge < -0.3 is 4.90 Å². The molecule has 0 radical (unpaired) electrons. The van der Waals surface area contributed by atoms with E-state index < -0.39 is 6.04 Å². The van der Waals surface area contributed by atoms with Crippen LogP contribution in [0.15, 0.2) is 64.6 Å². The lowest BCUT2D eigenvalue weighted by Gasteiger charge is -2.31. The van der Waals surface area contributed by atoms with Gasteiger partial charge in [0.25, 0.3) is 5.91 Å². The predicted octanol–water partition coefficient (Wildman–Crippen LogP) is 4.54. The highest BCUT2D eigenvalue weighted by Crippen LogP contribution is 2.37. The normalized spacial score (nSPS) is 20.3. The molecular formula is C25H26N4O2S. The molecule has 6 nitrogen and oxygen atoms in total. The van der Waals surface area contributed by atoms with E-state index >= 15 is 0 Å². The van der Waals surface area contributed by atoms with Gasteiger partial charge in [-0.25, -0.2) is 14.9 Å². The molecule has 2 heterocycles. The van der Waals surface area contributed by atoms with Crippen LogP contribution in [-0.2, 0) is 9.59 Å². The third kappa shape index (κ3) is 3.86. The zero-order valence-corrected chi connectivity index (χ0v) is 18.9. The van der Waals surface area contributed by atoms with Crippen LogP contribution in [0.1, 0.15) is 49.3 Å². The number of carbonyl (C=O) groups is 2. The van der Waals surface area contributed by atoms with Crippen molar-refractivity contribution in [1.29, 1.82) is 0 Å². The third-order valence-corrected chi connectivity index (χ3v) is 7.35. The summed E-state index contributed by atoms with van der Waals surface area (Å²) in [6, 6.07) is 17.0. The van der Waals surface area contributed by atoms with Crippen LogP contribution in [0.4, 0.5) is 5.69 Å². The van der Waals surface area contributed by atoms with E-state index in [9.17, 15) is 9.59 Å². The minimum absolute atomic E-state index is 0.0770. The maximum Gasteiger partial charge on any atom is 0.263 e. The Bertz CT molecular complexity index is 1090. The first-order valence-electron chi connectivity index (χ1n) is 11.2. The molecule has 1 fully saturated rings. The van der Waals surface area contributed by atoms with E-state index in [0.717, 1.165) is 29.7 Å². The summed E-state index contributed by atoms with van der Waals surface area (Å²) in [7, 11) is 1.90. The lowest BCUT2D eigenvalue weighted by atomic mass is 9.94. The van der Waals surface area contributed by atoms with Gasteiger partial charge in [0, 0.05) is 18.7 Å². The van der Waals surface area contributed by atoms with Crippen molar-refractivity contribution >= 4 is 40.3 Å². The number of benzene rings is 2. The van der Waals surface area contributed by atoms with Crippen molar-refractivity contribution in [2.24, 2.45) is 9.98 Å². The van der Waals surface area contributed by atoms with Gasteiger partial charge in [-0.1, -0.05) is 73.5 Å². The summed E-state index contributed by atoms with van der Waals surface area (Å²) in [5, 5.41) is 0.524. The SMILES string of the molecule is CN(C(=O)CSC1=Nc2ccccc2C2=N[C@@H](c3ccccc3)C(=O)N12)C1CCCCC1. The number of carbonyl (C=O) groups excluding carboxylic acids is 2. The Morgan fingerprint density at radius 3 is 2.56 bits per heavy atom. The first kappa shape index (κ1) is 20.9. The molecule has 0 N–H and O–H groups in total. The van der Waals surface area contributed by atoms with Crippen LogP contribution < -0.4 is 0 Å². The van der Waals surface area contributed by atoms with Gasteiger partial charge in [0.2, 0.25) is 5.91 Å². The van der Waals surface area contributed by atoms with Crippen LogP contribution >= 0.6 is 11.8 Å². The van der Waals surface area contributed by atoms with E-state index in [1.165, 1.54) is 31.0 Å². The second kappa shape index (κ2) is 8.90. The fraction of sp³-hybridized carbons (Fsp3) is 0.360. The average molecular weight is 447 g/mol. The average Bonchev–Trinajstić information content (AvgIpc) is 3.20. The predicted molar refractivity (Wildman–Crippen MR) is 128 cm³/mol. The molecule has 0 bridgehead atoms. The molecule has 0 unspecified atom stereocenters. The molecule has 1 atom stereocenters. The van der Waals surface area contributed by atoms with E-state index in [2.05, 4.69) is 0 Å². The van der Waals surface area contributed by atoms with E-state index in [4.69, 9.17) is 9.98 Å². The van der Waals surface area contributed by atoms with Crippen molar-refractivity contribution < 1.29 is 9.59 Å². The maximum absolute atomic E-state index is 13.4. The van der Waals surface area contributed by atoms with Crippen LogP contribution in [0.5, 0.6) is 0 Å². The summed E-state index contributed by atoms with van der Waals surface area (Å²) in [6.07, 6.45) is 5.76. The molecular weight excluding hydrogens is 420 g/mol. The van der Waals surface area contributed by atoms with Crippen LogP contribution in [0, 0.1) is 0 Å². The number of thioether (sulfide) groups is 1. The molecule has 3 aliphatic rings. The zero-order valence-electron chi connectivity index (χ0n) is 18.1. The van der Waals surface area contributed by atoms with Crippen molar-refractivity contribution in [2.45, 2.75) is 44.2 Å². The Balaban J connectivity index is 1.39. The Labute approximate surface area is 192 Å². The van der Waals surface area contributed by atoms with Gasteiger partial charge in [0.05, 0.1) is 11.4 Å². The van der Waals surface area contributed by atoms with E-state index in [-0.39, 0.29) is 17.6 Å². The van der Waals surface area contributed by atoms with Crippen LogP contribution in [0.2, 0.25) is 0 Å². The number of rotatable bonds is 4. The molecule has 32 heavy (non-hydrogen) atoms. The largest absolute Gasteiger partial charge is 0.342 e. The molecule has 1 saturated carbocycles. The summed E-state index contributed by atoms with van der Waals surface area (Å²) < 4.78 is 0. The lowest BCUT2D eigenvalue weighted by Crippen LogP contribution is -2.42. The lowest BCUT2D eigenvalue weighted by molar-refractivity contribution is -0.129. The molecule has 5 rings (SSSR count). The van der Waals surface area contributed by atoms with Crippen molar-refractivity contribution in [3.05, 3.63) is 65.7 Å². The van der Waals surface area contributed by atoms with Crippen LogP contribution in [-0.4, -0.2) is 51.5 Å². The standard InChI is InChI=1S/C25H26N4O2S/c1-28(18-12-6-3-7-13-18)21(30)16-32-25-26-20-15-9-8-14-19(20)23-27-22(24(31)29(23)25)17-10-4-2-5-11-17/h2,4-5,8-11,14-15,18,22H,3,6-7,12-13,16H2,1H3/t22-/m0/s1. The topological polar surface area (TPSA) is 65.3 Å². The fourth-order valence-electron chi connectivity index (χ4n) is 4.60. The van der Waals surface area contributed by atoms with Crippen LogP contribution in [0.3, 0.4) is 0 Å². The number of hydrogen-bond acceptors (Lipinski definition) is 5. The van der Waals surface area contributed by atoms with Crippen molar-refractivity contribution in [2.75, 3.05) is 12.8 Å². The molecule has 7 heteroatoms. The molecule has 2 amide bonds. The minimum atomic E-state index is -0.594. The summed E-state index contributed by atoms with van der Waals surface area (Å²) in [6.45, 7) is 0. The van der Waals surface area contributed by atoms with Crippen molar-refractivity contribution in [3.63, 3.8) is 0 Å². The first-order valence-corrected chi connectivity index (χ1v) is 12.2. The van der Waals surface area contributed by atoms with Crippen LogP contribution in [0.25, 0.3) is 0 Å².